The van der Waals surface area contributed by atoms with E-state index in [9.17, 15) is 4.79 Å². The minimum atomic E-state index is -0.115. The van der Waals surface area contributed by atoms with Gasteiger partial charge in [0.05, 0.1) is 0 Å². The lowest BCUT2D eigenvalue weighted by Crippen LogP contribution is -2.24. The molecule has 0 radical (unpaired) electrons. The summed E-state index contributed by atoms with van der Waals surface area (Å²) in [7, 11) is 0. The van der Waals surface area contributed by atoms with Crippen molar-refractivity contribution in [2.45, 2.75) is 25.1 Å². The molecule has 1 atom stereocenters. The first-order chi connectivity index (χ1) is 7.99. The zero-order valence-corrected chi connectivity index (χ0v) is 12.6. The molecule has 0 spiro atoms. The highest BCUT2D eigenvalue weighted by Gasteiger charge is 2.07. The lowest BCUT2D eigenvalue weighted by Gasteiger charge is -2.07. The molecule has 1 N–H and O–H groups in total. The fourth-order valence-electron chi connectivity index (χ4n) is 1.37. The molecule has 1 rings (SSSR count). The van der Waals surface area contributed by atoms with Gasteiger partial charge in [0, 0.05) is 27.0 Å². The van der Waals surface area contributed by atoms with Gasteiger partial charge < -0.3 is 5.32 Å². The summed E-state index contributed by atoms with van der Waals surface area (Å²) in [6.45, 7) is 2.57. The standard InChI is InChI=1S/C12H14BrCl2NO/c1-8(14)3-2-4-16-12(17)9-5-10(13)7-11(15)6-9/h5-8H,2-4H2,1H3,(H,16,17). The molecule has 17 heavy (non-hydrogen) atoms. The zero-order valence-electron chi connectivity index (χ0n) is 9.47. The highest BCUT2D eigenvalue weighted by Crippen LogP contribution is 2.19. The maximum absolute atomic E-state index is 11.8. The number of carbonyl (C=O) groups is 1. The van der Waals surface area contributed by atoms with Gasteiger partial charge in [-0.3, -0.25) is 4.79 Å². The van der Waals surface area contributed by atoms with Crippen LogP contribution >= 0.6 is 39.1 Å². The number of amides is 1. The van der Waals surface area contributed by atoms with Crippen molar-refractivity contribution >= 4 is 45.0 Å². The average Bonchev–Trinajstić information content (AvgIpc) is 2.22. The first-order valence-corrected chi connectivity index (χ1v) is 6.98. The van der Waals surface area contributed by atoms with Crippen molar-refractivity contribution in [1.29, 1.82) is 0 Å². The van der Waals surface area contributed by atoms with E-state index in [2.05, 4.69) is 21.2 Å². The SMILES string of the molecule is CC(Cl)CCCNC(=O)c1cc(Cl)cc(Br)c1. The van der Waals surface area contributed by atoms with Gasteiger partial charge in [-0.2, -0.15) is 0 Å². The number of rotatable bonds is 5. The van der Waals surface area contributed by atoms with Crippen molar-refractivity contribution in [3.8, 4) is 0 Å². The molecule has 0 aliphatic heterocycles. The molecule has 0 aromatic heterocycles. The highest BCUT2D eigenvalue weighted by molar-refractivity contribution is 9.10. The number of halogens is 3. The molecule has 1 amide bonds. The highest BCUT2D eigenvalue weighted by atomic mass is 79.9. The molecule has 1 unspecified atom stereocenters. The molecule has 0 saturated carbocycles. The molecule has 1 aromatic carbocycles. The Kier molecular flexibility index (Phi) is 6.31. The summed E-state index contributed by atoms with van der Waals surface area (Å²) >= 11 is 15.0. The van der Waals surface area contributed by atoms with E-state index in [1.807, 2.05) is 6.92 Å². The molecule has 0 bridgehead atoms. The van der Waals surface area contributed by atoms with Gasteiger partial charge in [-0.15, -0.1) is 11.6 Å². The molecule has 1 aromatic rings. The van der Waals surface area contributed by atoms with E-state index in [1.165, 1.54) is 0 Å². The molecule has 94 valence electrons. The molecule has 0 saturated heterocycles. The Labute approximate surface area is 120 Å². The van der Waals surface area contributed by atoms with E-state index in [0.717, 1.165) is 17.3 Å². The van der Waals surface area contributed by atoms with Gasteiger partial charge in [0.25, 0.3) is 5.91 Å². The van der Waals surface area contributed by atoms with Crippen LogP contribution in [0, 0.1) is 0 Å². The minimum absolute atomic E-state index is 0.115. The molecule has 0 aliphatic rings. The molecular weight excluding hydrogens is 325 g/mol. The summed E-state index contributed by atoms with van der Waals surface area (Å²) < 4.78 is 0.796. The Morgan fingerprint density at radius 3 is 2.76 bits per heavy atom. The predicted octanol–water partition coefficient (Wildman–Crippen LogP) is 4.24. The third-order valence-electron chi connectivity index (χ3n) is 2.19. The lowest BCUT2D eigenvalue weighted by molar-refractivity contribution is 0.0953. The van der Waals surface area contributed by atoms with E-state index in [0.29, 0.717) is 17.1 Å². The van der Waals surface area contributed by atoms with Crippen molar-refractivity contribution < 1.29 is 4.79 Å². The number of carbonyl (C=O) groups excluding carboxylic acids is 1. The Bertz CT molecular complexity index is 376. The second kappa shape index (κ2) is 7.24. The first-order valence-electron chi connectivity index (χ1n) is 5.37. The third-order valence-corrected chi connectivity index (χ3v) is 3.08. The van der Waals surface area contributed by atoms with Crippen molar-refractivity contribution in [2.24, 2.45) is 0 Å². The molecule has 0 fully saturated rings. The monoisotopic (exact) mass is 337 g/mol. The van der Waals surface area contributed by atoms with Gasteiger partial charge in [0.2, 0.25) is 0 Å². The summed E-state index contributed by atoms with van der Waals surface area (Å²) in [5, 5.41) is 3.52. The summed E-state index contributed by atoms with van der Waals surface area (Å²) in [5.41, 5.74) is 0.559. The maximum Gasteiger partial charge on any atom is 0.251 e. The van der Waals surface area contributed by atoms with Crippen molar-refractivity contribution in [3.63, 3.8) is 0 Å². The van der Waals surface area contributed by atoms with E-state index in [4.69, 9.17) is 23.2 Å². The minimum Gasteiger partial charge on any atom is -0.352 e. The quantitative estimate of drug-likeness (QED) is 0.631. The summed E-state index contributed by atoms with van der Waals surface area (Å²) in [6.07, 6.45) is 1.76. The van der Waals surface area contributed by atoms with Gasteiger partial charge in [-0.1, -0.05) is 27.5 Å². The zero-order chi connectivity index (χ0) is 12.8. The van der Waals surface area contributed by atoms with Gasteiger partial charge in [0.15, 0.2) is 0 Å². The van der Waals surface area contributed by atoms with Crippen LogP contribution in [0.3, 0.4) is 0 Å². The van der Waals surface area contributed by atoms with E-state index in [1.54, 1.807) is 18.2 Å². The Hall–Kier alpha value is -0.250. The van der Waals surface area contributed by atoms with Crippen LogP contribution in [-0.4, -0.2) is 17.8 Å². The lowest BCUT2D eigenvalue weighted by atomic mass is 10.2. The molecule has 0 aliphatic carbocycles. The van der Waals surface area contributed by atoms with Gasteiger partial charge in [0.1, 0.15) is 0 Å². The predicted molar refractivity (Wildman–Crippen MR) is 76.0 cm³/mol. The van der Waals surface area contributed by atoms with Crippen LogP contribution in [0.5, 0.6) is 0 Å². The second-order valence-electron chi connectivity index (χ2n) is 3.84. The van der Waals surface area contributed by atoms with Crippen LogP contribution in [0.2, 0.25) is 5.02 Å². The van der Waals surface area contributed by atoms with Crippen LogP contribution in [0.15, 0.2) is 22.7 Å². The molecular formula is C12H14BrCl2NO. The van der Waals surface area contributed by atoms with E-state index in [-0.39, 0.29) is 11.3 Å². The Balaban J connectivity index is 2.47. The second-order valence-corrected chi connectivity index (χ2v) is 5.93. The van der Waals surface area contributed by atoms with Crippen LogP contribution in [-0.2, 0) is 0 Å². The topological polar surface area (TPSA) is 29.1 Å². The van der Waals surface area contributed by atoms with Gasteiger partial charge in [-0.25, -0.2) is 0 Å². The molecule has 0 heterocycles. The molecule has 2 nitrogen and oxygen atoms in total. The van der Waals surface area contributed by atoms with Crippen molar-refractivity contribution in [2.75, 3.05) is 6.54 Å². The largest absolute Gasteiger partial charge is 0.352 e. The normalized spacial score (nSPS) is 12.2. The third kappa shape index (κ3) is 5.75. The molecule has 5 heteroatoms. The number of hydrogen-bond acceptors (Lipinski definition) is 1. The number of hydrogen-bond donors (Lipinski definition) is 1. The number of alkyl halides is 1. The van der Waals surface area contributed by atoms with Crippen LogP contribution in [0.4, 0.5) is 0 Å². The van der Waals surface area contributed by atoms with E-state index < -0.39 is 0 Å². The van der Waals surface area contributed by atoms with E-state index >= 15 is 0 Å². The van der Waals surface area contributed by atoms with Crippen molar-refractivity contribution in [3.05, 3.63) is 33.3 Å². The fourth-order valence-corrected chi connectivity index (χ4v) is 2.39. The average molecular weight is 339 g/mol. The summed E-state index contributed by atoms with van der Waals surface area (Å²) in [4.78, 5) is 11.8. The number of nitrogens with one attached hydrogen (secondary N) is 1. The van der Waals surface area contributed by atoms with Crippen molar-refractivity contribution in [1.82, 2.24) is 5.32 Å². The maximum atomic E-state index is 11.8. The van der Waals surface area contributed by atoms with Crippen LogP contribution in [0.1, 0.15) is 30.1 Å². The van der Waals surface area contributed by atoms with Gasteiger partial charge >= 0.3 is 0 Å². The fraction of sp³-hybridized carbons (Fsp3) is 0.417. The Morgan fingerprint density at radius 1 is 1.47 bits per heavy atom. The van der Waals surface area contributed by atoms with Crippen LogP contribution in [0.25, 0.3) is 0 Å². The smallest absolute Gasteiger partial charge is 0.251 e. The first kappa shape index (κ1) is 14.8. The summed E-state index contributed by atoms with van der Waals surface area (Å²) in [5.74, 6) is -0.115. The Morgan fingerprint density at radius 2 is 2.18 bits per heavy atom. The number of benzene rings is 1. The van der Waals surface area contributed by atoms with Gasteiger partial charge in [-0.05, 0) is 38.0 Å². The summed E-state index contributed by atoms with van der Waals surface area (Å²) in [6, 6.07) is 5.13. The van der Waals surface area contributed by atoms with Crippen LogP contribution < -0.4 is 5.32 Å².